The second-order valence-corrected chi connectivity index (χ2v) is 22.3. The summed E-state index contributed by atoms with van der Waals surface area (Å²) >= 11 is 1.59. The summed E-state index contributed by atoms with van der Waals surface area (Å²) in [6, 6.07) is 16.2. The second-order valence-electron chi connectivity index (χ2n) is 21.4. The summed E-state index contributed by atoms with van der Waals surface area (Å²) in [5, 5.41) is 11.6. The lowest BCUT2D eigenvalue weighted by Gasteiger charge is -2.33. The molecule has 2 saturated carbocycles. The van der Waals surface area contributed by atoms with Crippen LogP contribution >= 0.6 is 11.3 Å². The minimum absolute atomic E-state index is 0.00339. The molecule has 2 unspecified atom stereocenters. The van der Waals surface area contributed by atoms with Crippen LogP contribution in [-0.4, -0.2) is 131 Å². The molecule has 0 saturated heterocycles. The number of hydrogen-bond donors (Lipinski definition) is 4. The van der Waals surface area contributed by atoms with Gasteiger partial charge in [0.2, 0.25) is 17.7 Å². The third-order valence-electron chi connectivity index (χ3n) is 14.3. The molecule has 4 N–H and O–H groups in total. The van der Waals surface area contributed by atoms with Crippen molar-refractivity contribution in [1.82, 2.24) is 31.2 Å². The number of nitrogens with zero attached hydrogens (tertiary/aromatic N) is 2. The lowest BCUT2D eigenvalue weighted by molar-refractivity contribution is -0.183. The molecule has 3 atom stereocenters. The molecule has 0 aliphatic heterocycles. The lowest BCUT2D eigenvalue weighted by atomic mass is 9.77. The van der Waals surface area contributed by atoms with Crippen LogP contribution < -0.4 is 26.0 Å². The monoisotopic (exact) mass is 1150 g/mol. The van der Waals surface area contributed by atoms with Gasteiger partial charge in [-0.15, -0.1) is 11.3 Å². The number of pyridine rings is 1. The van der Waals surface area contributed by atoms with E-state index in [0.717, 1.165) is 39.2 Å². The van der Waals surface area contributed by atoms with Gasteiger partial charge in [-0.05, 0) is 85.1 Å². The van der Waals surface area contributed by atoms with Gasteiger partial charge in [0.25, 0.3) is 5.91 Å². The van der Waals surface area contributed by atoms with Crippen molar-refractivity contribution in [3.05, 3.63) is 106 Å². The summed E-state index contributed by atoms with van der Waals surface area (Å²) in [5.41, 5.74) is 6.59. The number of aromatic nitrogens is 2. The van der Waals surface area contributed by atoms with E-state index < -0.39 is 47.2 Å². The number of rotatable bonds is 32. The van der Waals surface area contributed by atoms with Gasteiger partial charge in [-0.1, -0.05) is 87.9 Å². The summed E-state index contributed by atoms with van der Waals surface area (Å²) in [7, 11) is 1.48. The number of allylic oxidation sites excluding steroid dienone is 1. The number of ether oxygens (including phenoxy) is 6. The number of carbonyl (C=O) groups is 5. The van der Waals surface area contributed by atoms with E-state index in [4.69, 9.17) is 28.4 Å². The quantitative estimate of drug-likeness (QED) is 0.0339. The van der Waals surface area contributed by atoms with E-state index in [2.05, 4.69) is 31.2 Å². The molecule has 4 aromatic rings. The van der Waals surface area contributed by atoms with Crippen LogP contribution in [0.3, 0.4) is 0 Å². The van der Waals surface area contributed by atoms with Crippen molar-refractivity contribution in [2.24, 2.45) is 29.1 Å². The maximum Gasteiger partial charge on any atom is 0.391 e. The molecule has 2 aromatic heterocycles. The van der Waals surface area contributed by atoms with Crippen LogP contribution in [0, 0.1) is 36.0 Å². The first-order valence-corrected chi connectivity index (χ1v) is 28.7. The second kappa shape index (κ2) is 32.5. The predicted octanol–water partition coefficient (Wildman–Crippen LogP) is 8.41. The standard InChI is InChI=1S/C60H79F3N6O11S/c1-40-55(81-39-68-40)45-17-13-42(14-18-45)35-66-57(73)49-11-7-10-48(49)54(72)56(59(2,3)4)69-53(71)38-80-31-30-79-29-28-78-27-26-77-25-24-76-23-22-64-52(70)33-43-8-6-9-44(32-43)36-67-58(74)50-34-46(51(75-5)37-65-50)19-12-41-15-20-47(21-16-41)60(61,62)63/h6,8-9,12-14,17-19,32,34,37,39,41,47-49,56H,7,10-11,15-16,20-31,33,35-36,38H2,1-5H3,(H,64,70)(H,66,73)(H,67,74)(H,69,71)/b19-12+/t41?,47?,48?,49-,56?/m1/s1. The summed E-state index contributed by atoms with van der Waals surface area (Å²) in [6.07, 6.45) is 4.11. The summed E-state index contributed by atoms with van der Waals surface area (Å²) < 4.78 is 72.5. The Labute approximate surface area is 477 Å². The Morgan fingerprint density at radius 1 is 0.716 bits per heavy atom. The molecule has 442 valence electrons. The first-order valence-electron chi connectivity index (χ1n) is 27.8. The van der Waals surface area contributed by atoms with E-state index in [9.17, 15) is 37.1 Å². The number of hydrogen-bond acceptors (Lipinski definition) is 14. The molecule has 0 spiro atoms. The summed E-state index contributed by atoms with van der Waals surface area (Å²) in [5.74, 6) is -3.06. The van der Waals surface area contributed by atoms with Crippen molar-refractivity contribution < 1.29 is 65.6 Å². The van der Waals surface area contributed by atoms with Gasteiger partial charge in [-0.3, -0.25) is 24.0 Å². The van der Waals surface area contributed by atoms with Crippen molar-refractivity contribution in [1.29, 1.82) is 0 Å². The van der Waals surface area contributed by atoms with E-state index in [0.29, 0.717) is 96.3 Å². The number of alkyl halides is 3. The first kappa shape index (κ1) is 64.1. The van der Waals surface area contributed by atoms with E-state index in [1.807, 2.05) is 87.8 Å². The van der Waals surface area contributed by atoms with E-state index in [1.54, 1.807) is 23.5 Å². The topological polar surface area (TPSA) is 215 Å². The van der Waals surface area contributed by atoms with E-state index >= 15 is 0 Å². The largest absolute Gasteiger partial charge is 0.495 e. The number of halogens is 3. The maximum atomic E-state index is 14.0. The Morgan fingerprint density at radius 2 is 1.35 bits per heavy atom. The minimum Gasteiger partial charge on any atom is -0.495 e. The zero-order valence-corrected chi connectivity index (χ0v) is 48.0. The van der Waals surface area contributed by atoms with Crippen LogP contribution in [0.25, 0.3) is 16.5 Å². The number of ketones is 1. The molecule has 4 amide bonds. The molecule has 21 heteroatoms. The fourth-order valence-electron chi connectivity index (χ4n) is 9.86. The van der Waals surface area contributed by atoms with Crippen molar-refractivity contribution in [3.63, 3.8) is 0 Å². The summed E-state index contributed by atoms with van der Waals surface area (Å²) in [6.45, 7) is 11.1. The number of aryl methyl sites for hydroxylation is 1. The van der Waals surface area contributed by atoms with Crippen molar-refractivity contribution in [2.75, 3.05) is 79.7 Å². The van der Waals surface area contributed by atoms with Gasteiger partial charge in [0, 0.05) is 37.0 Å². The molecule has 2 aliphatic carbocycles. The molecular weight excluding hydrogens is 1070 g/mol. The highest BCUT2D eigenvalue weighted by Crippen LogP contribution is 2.40. The molecule has 2 aromatic carbocycles. The van der Waals surface area contributed by atoms with Gasteiger partial charge >= 0.3 is 6.18 Å². The molecule has 0 radical (unpaired) electrons. The normalized spacial score (nSPS) is 17.9. The number of benzene rings is 2. The average molecular weight is 1150 g/mol. The Kier molecular flexibility index (Phi) is 25.7. The van der Waals surface area contributed by atoms with Crippen LogP contribution in [0.2, 0.25) is 0 Å². The SMILES string of the molecule is COc1cnc(C(=O)NCc2cccc(CC(=O)NCCOCCOCCOCCOCCOCC(=O)NC(C(=O)C3CCC[C@H]3C(=O)NCc3ccc(-c4scnc4C)cc3)C(C)(C)C)c2)cc1/C=C/C1CCC(C(F)(F)F)CC1. The number of thiazole rings is 1. The molecule has 2 fully saturated rings. The van der Waals surface area contributed by atoms with E-state index in [-0.39, 0.29) is 74.8 Å². The minimum atomic E-state index is -4.16. The molecule has 6 rings (SSSR count). The van der Waals surface area contributed by atoms with Crippen LogP contribution in [0.5, 0.6) is 5.75 Å². The Balaban J connectivity index is 0.747. The molecular formula is C60H79F3N6O11S. The first-order chi connectivity index (χ1) is 38.9. The molecule has 0 bridgehead atoms. The molecule has 81 heavy (non-hydrogen) atoms. The number of amides is 4. The Hall–Kier alpha value is -6.10. The fraction of sp³-hybridized carbons (Fsp3) is 0.550. The number of methoxy groups -OCH3 is 1. The van der Waals surface area contributed by atoms with Gasteiger partial charge < -0.3 is 49.7 Å². The van der Waals surface area contributed by atoms with Gasteiger partial charge in [0.1, 0.15) is 18.1 Å². The van der Waals surface area contributed by atoms with Crippen molar-refractivity contribution >= 4 is 46.8 Å². The number of nitrogens with one attached hydrogen (secondary N) is 4. The highest BCUT2D eigenvalue weighted by atomic mass is 32.1. The molecule has 17 nitrogen and oxygen atoms in total. The average Bonchev–Trinajstić information content (AvgIpc) is 4.13. The third kappa shape index (κ3) is 21.3. The maximum absolute atomic E-state index is 14.0. The van der Waals surface area contributed by atoms with Crippen LogP contribution in [0.15, 0.2) is 72.4 Å². The highest BCUT2D eigenvalue weighted by molar-refractivity contribution is 7.13. The lowest BCUT2D eigenvalue weighted by Crippen LogP contribution is -2.53. The van der Waals surface area contributed by atoms with Gasteiger partial charge in [0.05, 0.1) is 107 Å². The number of Topliss-reactive ketones (excluding diaryl/α,β-unsaturated/α-hetero) is 1. The predicted molar refractivity (Wildman–Crippen MR) is 301 cm³/mol. The van der Waals surface area contributed by atoms with E-state index in [1.165, 1.54) is 13.3 Å². The third-order valence-corrected chi connectivity index (χ3v) is 15.3. The van der Waals surface area contributed by atoms with Gasteiger partial charge in [0.15, 0.2) is 5.78 Å². The van der Waals surface area contributed by atoms with Crippen LogP contribution in [0.1, 0.15) is 104 Å². The highest BCUT2D eigenvalue weighted by Gasteiger charge is 2.44. The molecule has 2 aliphatic rings. The Bertz CT molecular complexity index is 2670. The fourth-order valence-corrected chi connectivity index (χ4v) is 10.7. The van der Waals surface area contributed by atoms with Crippen molar-refractivity contribution in [2.45, 2.75) is 104 Å². The molecule has 2 heterocycles. The summed E-state index contributed by atoms with van der Waals surface area (Å²) in [4.78, 5) is 75.8. The zero-order chi connectivity index (χ0) is 58.2. The zero-order valence-electron chi connectivity index (χ0n) is 47.2. The van der Waals surface area contributed by atoms with Gasteiger partial charge in [-0.25, -0.2) is 9.97 Å². The van der Waals surface area contributed by atoms with Crippen LogP contribution in [-0.2, 0) is 62.4 Å². The van der Waals surface area contributed by atoms with Crippen LogP contribution in [0.4, 0.5) is 13.2 Å². The smallest absolute Gasteiger partial charge is 0.391 e. The number of carbonyl (C=O) groups excluding carboxylic acids is 5. The Morgan fingerprint density at radius 3 is 1.98 bits per heavy atom. The van der Waals surface area contributed by atoms with Crippen molar-refractivity contribution in [3.8, 4) is 16.2 Å². The van der Waals surface area contributed by atoms with Gasteiger partial charge in [-0.2, -0.15) is 13.2 Å².